The number of hydrogen-bond acceptors (Lipinski definition) is 5. The SMILES string of the molecule is C[C@@]12CC[C@@]3(O)OC(=O)C=C3[C@H]1CC[C@@]13C[C@@H](CC[C@H]12)[C@@](O)(CO)C3. The number of fused-ring (bicyclic) bond motifs is 5. The van der Waals surface area contributed by atoms with Crippen molar-refractivity contribution in [3.05, 3.63) is 11.6 Å². The van der Waals surface area contributed by atoms with Gasteiger partial charge in [-0.05, 0) is 73.5 Å². The lowest BCUT2D eigenvalue weighted by Crippen LogP contribution is -2.56. The zero-order valence-electron chi connectivity index (χ0n) is 14.8. The molecule has 5 heteroatoms. The highest BCUT2D eigenvalue weighted by atomic mass is 16.7. The lowest BCUT2D eigenvalue weighted by Gasteiger charge is -2.61. The van der Waals surface area contributed by atoms with Crippen molar-refractivity contribution in [2.75, 3.05) is 6.61 Å². The van der Waals surface area contributed by atoms with Gasteiger partial charge in [-0.2, -0.15) is 0 Å². The number of carbonyl (C=O) groups excluding carboxylic acids is 1. The molecular weight excluding hydrogens is 320 g/mol. The van der Waals surface area contributed by atoms with Crippen molar-refractivity contribution < 1.29 is 24.9 Å². The fraction of sp³-hybridized carbons (Fsp3) is 0.850. The van der Waals surface area contributed by atoms with E-state index in [2.05, 4.69) is 6.92 Å². The normalized spacial score (nSPS) is 56.6. The summed E-state index contributed by atoms with van der Waals surface area (Å²) < 4.78 is 5.24. The summed E-state index contributed by atoms with van der Waals surface area (Å²) in [4.78, 5) is 11.8. The highest BCUT2D eigenvalue weighted by Gasteiger charge is 2.68. The van der Waals surface area contributed by atoms with Gasteiger partial charge < -0.3 is 20.1 Å². The third kappa shape index (κ3) is 1.87. The van der Waals surface area contributed by atoms with Crippen molar-refractivity contribution in [3.8, 4) is 0 Å². The zero-order chi connectivity index (χ0) is 17.7. The number of carbonyl (C=O) groups is 1. The van der Waals surface area contributed by atoms with Crippen molar-refractivity contribution in [3.63, 3.8) is 0 Å². The van der Waals surface area contributed by atoms with Crippen molar-refractivity contribution in [1.29, 1.82) is 0 Å². The van der Waals surface area contributed by atoms with E-state index in [9.17, 15) is 20.1 Å². The van der Waals surface area contributed by atoms with Crippen LogP contribution in [0.1, 0.15) is 58.3 Å². The quantitative estimate of drug-likeness (QED) is 0.630. The van der Waals surface area contributed by atoms with E-state index in [1.165, 1.54) is 6.08 Å². The smallest absolute Gasteiger partial charge is 0.333 e. The number of aliphatic hydroxyl groups excluding tert-OH is 1. The van der Waals surface area contributed by atoms with Crippen molar-refractivity contribution in [1.82, 2.24) is 0 Å². The van der Waals surface area contributed by atoms with Crippen LogP contribution in [-0.2, 0) is 9.53 Å². The number of esters is 1. The first-order valence-electron chi connectivity index (χ1n) is 9.75. The van der Waals surface area contributed by atoms with E-state index < -0.39 is 17.4 Å². The van der Waals surface area contributed by atoms with Gasteiger partial charge in [0.2, 0.25) is 5.79 Å². The van der Waals surface area contributed by atoms with Crippen LogP contribution in [0.4, 0.5) is 0 Å². The van der Waals surface area contributed by atoms with Crippen LogP contribution >= 0.6 is 0 Å². The van der Waals surface area contributed by atoms with E-state index in [1.807, 2.05) is 0 Å². The van der Waals surface area contributed by atoms with Crippen LogP contribution in [0.25, 0.3) is 0 Å². The minimum Gasteiger partial charge on any atom is -0.426 e. The fourth-order valence-electron chi connectivity index (χ4n) is 7.76. The molecule has 2 bridgehead atoms. The summed E-state index contributed by atoms with van der Waals surface area (Å²) in [7, 11) is 0. The third-order valence-electron chi connectivity index (χ3n) is 8.78. The Kier molecular flexibility index (Phi) is 3.04. The summed E-state index contributed by atoms with van der Waals surface area (Å²) in [5, 5.41) is 31.5. The Morgan fingerprint density at radius 3 is 2.76 bits per heavy atom. The number of ether oxygens (including phenoxy) is 1. The van der Waals surface area contributed by atoms with Crippen molar-refractivity contribution in [2.24, 2.45) is 28.6 Å². The average Bonchev–Trinajstić information content (AvgIpc) is 2.98. The molecule has 7 atom stereocenters. The first-order chi connectivity index (χ1) is 11.7. The fourth-order valence-corrected chi connectivity index (χ4v) is 7.76. The van der Waals surface area contributed by atoms with Gasteiger partial charge in [0, 0.05) is 18.1 Å². The van der Waals surface area contributed by atoms with Crippen LogP contribution in [0.2, 0.25) is 0 Å². The molecule has 5 aliphatic rings. The molecule has 0 radical (unpaired) electrons. The molecule has 4 fully saturated rings. The maximum Gasteiger partial charge on any atom is 0.333 e. The lowest BCUT2D eigenvalue weighted by atomic mass is 9.44. The number of rotatable bonds is 1. The van der Waals surface area contributed by atoms with Gasteiger partial charge in [-0.1, -0.05) is 6.92 Å². The van der Waals surface area contributed by atoms with E-state index in [4.69, 9.17) is 4.74 Å². The molecule has 5 nitrogen and oxygen atoms in total. The summed E-state index contributed by atoms with van der Waals surface area (Å²) in [6.07, 6.45) is 8.51. The molecule has 0 unspecified atom stereocenters. The molecule has 3 N–H and O–H groups in total. The topological polar surface area (TPSA) is 87.0 Å². The summed E-state index contributed by atoms with van der Waals surface area (Å²) >= 11 is 0. The molecule has 0 aromatic carbocycles. The summed E-state index contributed by atoms with van der Waals surface area (Å²) in [5.41, 5.74) is -0.00110. The lowest BCUT2D eigenvalue weighted by molar-refractivity contribution is -0.208. The summed E-state index contributed by atoms with van der Waals surface area (Å²) in [6.45, 7) is 2.18. The maximum atomic E-state index is 11.8. The molecule has 0 amide bonds. The van der Waals surface area contributed by atoms with Crippen LogP contribution in [0.3, 0.4) is 0 Å². The Labute approximate surface area is 148 Å². The zero-order valence-corrected chi connectivity index (χ0v) is 14.8. The van der Waals surface area contributed by atoms with Gasteiger partial charge in [0.25, 0.3) is 0 Å². The minimum atomic E-state index is -1.38. The predicted octanol–water partition coefficient (Wildman–Crippen LogP) is 1.90. The number of hydrogen-bond donors (Lipinski definition) is 3. The second-order valence-corrected chi connectivity index (χ2v) is 9.73. The van der Waals surface area contributed by atoms with E-state index in [0.717, 1.165) is 44.1 Å². The van der Waals surface area contributed by atoms with Gasteiger partial charge in [0.1, 0.15) is 0 Å². The molecule has 4 aliphatic carbocycles. The molecule has 0 saturated heterocycles. The predicted molar refractivity (Wildman–Crippen MR) is 89.1 cm³/mol. The molecule has 0 aromatic rings. The van der Waals surface area contributed by atoms with Crippen LogP contribution < -0.4 is 0 Å². The van der Waals surface area contributed by atoms with E-state index in [0.29, 0.717) is 18.8 Å². The molecule has 1 aliphatic heterocycles. The van der Waals surface area contributed by atoms with E-state index in [1.54, 1.807) is 0 Å². The Balaban J connectivity index is 1.54. The molecule has 4 saturated carbocycles. The van der Waals surface area contributed by atoms with Gasteiger partial charge in [0.15, 0.2) is 0 Å². The van der Waals surface area contributed by atoms with Crippen LogP contribution in [-0.4, -0.2) is 39.3 Å². The van der Waals surface area contributed by atoms with Gasteiger partial charge in [-0.15, -0.1) is 0 Å². The molecule has 1 spiro atoms. The number of aliphatic hydroxyl groups is 3. The van der Waals surface area contributed by atoms with Gasteiger partial charge in [-0.25, -0.2) is 4.79 Å². The highest BCUT2D eigenvalue weighted by molar-refractivity contribution is 5.86. The Morgan fingerprint density at radius 1 is 1.20 bits per heavy atom. The van der Waals surface area contributed by atoms with Crippen LogP contribution in [0, 0.1) is 28.6 Å². The molecule has 138 valence electrons. The largest absolute Gasteiger partial charge is 0.426 e. The van der Waals surface area contributed by atoms with Crippen molar-refractivity contribution >= 4 is 5.97 Å². The second-order valence-electron chi connectivity index (χ2n) is 9.73. The molecular formula is C20H28O5. The van der Waals surface area contributed by atoms with E-state index in [-0.39, 0.29) is 29.3 Å². The van der Waals surface area contributed by atoms with Gasteiger partial charge >= 0.3 is 5.97 Å². The molecule has 0 aromatic heterocycles. The summed E-state index contributed by atoms with van der Waals surface area (Å²) in [5.74, 6) is -0.944. The van der Waals surface area contributed by atoms with Gasteiger partial charge in [0.05, 0.1) is 12.2 Å². The second kappa shape index (κ2) is 4.68. The van der Waals surface area contributed by atoms with Gasteiger partial charge in [-0.3, -0.25) is 0 Å². The third-order valence-corrected chi connectivity index (χ3v) is 8.78. The standard InChI is InChI=1S/C20H28O5/c1-17-6-7-20(24)14(8-16(22)25-20)13(17)4-5-18-9-12(2-3-15(17)18)19(23,10-18)11-21/h8,12-13,15,21,23-24H,2-7,9-11H2,1H3/t12-,13-,15+,17-,18+,19+,20-/m1/s1. The van der Waals surface area contributed by atoms with Crippen molar-refractivity contribution in [2.45, 2.75) is 69.7 Å². The Morgan fingerprint density at radius 2 is 2.00 bits per heavy atom. The van der Waals surface area contributed by atoms with E-state index >= 15 is 0 Å². The van der Waals surface area contributed by atoms with Crippen LogP contribution in [0.15, 0.2) is 11.6 Å². The molecule has 5 rings (SSSR count). The van der Waals surface area contributed by atoms with Crippen LogP contribution in [0.5, 0.6) is 0 Å². The Hall–Kier alpha value is -0.910. The molecule has 1 heterocycles. The average molecular weight is 348 g/mol. The Bertz CT molecular complexity index is 673. The monoisotopic (exact) mass is 348 g/mol. The summed E-state index contributed by atoms with van der Waals surface area (Å²) in [6, 6.07) is 0. The molecule has 25 heavy (non-hydrogen) atoms. The first kappa shape index (κ1) is 16.3. The first-order valence-corrected chi connectivity index (χ1v) is 9.75. The highest BCUT2D eigenvalue weighted by Crippen LogP contribution is 2.72. The minimum absolute atomic E-state index is 0.0238. The maximum absolute atomic E-state index is 11.8.